The Hall–Kier alpha value is -2.36. The summed E-state index contributed by atoms with van der Waals surface area (Å²) in [7, 11) is 0. The topological polar surface area (TPSA) is 55.4 Å². The number of ether oxygens (including phenoxy) is 1. The number of carbonyl (C=O) groups excluding carboxylic acids is 2. The van der Waals surface area contributed by atoms with Gasteiger partial charge in [0.05, 0.1) is 6.61 Å². The molecule has 2 aromatic rings. The second-order valence-corrected chi connectivity index (χ2v) is 4.89. The standard InChI is InChI=1S/C17H19NO3/c1-3-21-17(20)16(18-12(2)19)11-13-8-9-14-6-4-5-7-15(14)10-13/h4-10,16H,3,11H2,1-2H3,(H,18,19)/t16-/m0/s1. The predicted molar refractivity (Wildman–Crippen MR) is 81.9 cm³/mol. The van der Waals surface area contributed by atoms with Gasteiger partial charge in [0.1, 0.15) is 6.04 Å². The van der Waals surface area contributed by atoms with Crippen LogP contribution in [-0.2, 0) is 20.7 Å². The summed E-state index contributed by atoms with van der Waals surface area (Å²) in [4.78, 5) is 23.2. The molecule has 4 nitrogen and oxygen atoms in total. The Kier molecular flexibility index (Phi) is 4.93. The largest absolute Gasteiger partial charge is 0.464 e. The van der Waals surface area contributed by atoms with Crippen molar-refractivity contribution in [2.75, 3.05) is 6.61 Å². The van der Waals surface area contributed by atoms with Crippen LogP contribution < -0.4 is 5.32 Å². The molecule has 0 fully saturated rings. The molecule has 0 aliphatic heterocycles. The van der Waals surface area contributed by atoms with Gasteiger partial charge in [-0.2, -0.15) is 0 Å². The molecule has 4 heteroatoms. The molecule has 2 rings (SSSR count). The van der Waals surface area contributed by atoms with Gasteiger partial charge >= 0.3 is 5.97 Å². The van der Waals surface area contributed by atoms with Crippen molar-refractivity contribution in [3.63, 3.8) is 0 Å². The summed E-state index contributed by atoms with van der Waals surface area (Å²) in [5, 5.41) is 4.91. The Morgan fingerprint density at radius 2 is 1.86 bits per heavy atom. The second-order valence-electron chi connectivity index (χ2n) is 4.89. The number of hydrogen-bond donors (Lipinski definition) is 1. The number of amides is 1. The molecule has 0 bridgehead atoms. The zero-order valence-corrected chi connectivity index (χ0v) is 12.3. The molecule has 0 saturated heterocycles. The van der Waals surface area contributed by atoms with Gasteiger partial charge in [-0.25, -0.2) is 4.79 Å². The van der Waals surface area contributed by atoms with Crippen LogP contribution in [0.1, 0.15) is 19.4 Å². The number of benzene rings is 2. The van der Waals surface area contributed by atoms with Gasteiger partial charge in [-0.3, -0.25) is 4.79 Å². The molecule has 0 radical (unpaired) electrons. The minimum Gasteiger partial charge on any atom is -0.464 e. The van der Waals surface area contributed by atoms with Crippen LogP contribution in [0.5, 0.6) is 0 Å². The van der Waals surface area contributed by atoms with Gasteiger partial charge in [-0.1, -0.05) is 42.5 Å². The van der Waals surface area contributed by atoms with Crippen molar-refractivity contribution in [1.29, 1.82) is 0 Å². The predicted octanol–water partition coefficient (Wildman–Crippen LogP) is 2.45. The van der Waals surface area contributed by atoms with E-state index in [0.29, 0.717) is 13.0 Å². The zero-order chi connectivity index (χ0) is 15.2. The van der Waals surface area contributed by atoms with E-state index in [1.54, 1.807) is 6.92 Å². The fourth-order valence-electron chi connectivity index (χ4n) is 2.28. The average Bonchev–Trinajstić information content (AvgIpc) is 2.46. The normalized spacial score (nSPS) is 11.9. The molecule has 0 saturated carbocycles. The molecular formula is C17H19NO3. The third kappa shape index (κ3) is 4.05. The lowest BCUT2D eigenvalue weighted by atomic mass is 10.0. The van der Waals surface area contributed by atoms with Gasteiger partial charge in [0, 0.05) is 13.3 Å². The third-order valence-electron chi connectivity index (χ3n) is 3.20. The summed E-state index contributed by atoms with van der Waals surface area (Å²) in [6, 6.07) is 13.4. The van der Waals surface area contributed by atoms with E-state index in [9.17, 15) is 9.59 Å². The van der Waals surface area contributed by atoms with Crippen LogP contribution >= 0.6 is 0 Å². The van der Waals surface area contributed by atoms with Crippen LogP contribution in [-0.4, -0.2) is 24.5 Å². The van der Waals surface area contributed by atoms with E-state index in [1.165, 1.54) is 6.92 Å². The van der Waals surface area contributed by atoms with Crippen LogP contribution in [0, 0.1) is 0 Å². The first-order valence-corrected chi connectivity index (χ1v) is 7.01. The summed E-state index contributed by atoms with van der Waals surface area (Å²) >= 11 is 0. The molecular weight excluding hydrogens is 266 g/mol. The van der Waals surface area contributed by atoms with E-state index in [0.717, 1.165) is 16.3 Å². The fraction of sp³-hybridized carbons (Fsp3) is 0.294. The lowest BCUT2D eigenvalue weighted by Crippen LogP contribution is -2.42. The quantitative estimate of drug-likeness (QED) is 0.859. The number of esters is 1. The molecule has 110 valence electrons. The number of hydrogen-bond acceptors (Lipinski definition) is 3. The van der Waals surface area contributed by atoms with E-state index >= 15 is 0 Å². The van der Waals surface area contributed by atoms with E-state index in [-0.39, 0.29) is 5.91 Å². The van der Waals surface area contributed by atoms with E-state index < -0.39 is 12.0 Å². The second kappa shape index (κ2) is 6.88. The van der Waals surface area contributed by atoms with Crippen molar-refractivity contribution in [2.24, 2.45) is 0 Å². The maximum Gasteiger partial charge on any atom is 0.328 e. The maximum atomic E-state index is 11.9. The monoisotopic (exact) mass is 285 g/mol. The van der Waals surface area contributed by atoms with Crippen molar-refractivity contribution in [2.45, 2.75) is 26.3 Å². The van der Waals surface area contributed by atoms with Crippen molar-refractivity contribution in [1.82, 2.24) is 5.32 Å². The van der Waals surface area contributed by atoms with Crippen LogP contribution in [0.4, 0.5) is 0 Å². The van der Waals surface area contributed by atoms with Gasteiger partial charge in [-0.05, 0) is 23.3 Å². The Morgan fingerprint density at radius 3 is 2.52 bits per heavy atom. The SMILES string of the molecule is CCOC(=O)[C@H](Cc1ccc2ccccc2c1)NC(C)=O. The lowest BCUT2D eigenvalue weighted by molar-refractivity contribution is -0.147. The number of fused-ring (bicyclic) bond motifs is 1. The maximum absolute atomic E-state index is 11.9. The summed E-state index contributed by atoms with van der Waals surface area (Å²) in [6.07, 6.45) is 0.420. The Balaban J connectivity index is 2.20. The molecule has 2 aromatic carbocycles. The zero-order valence-electron chi connectivity index (χ0n) is 12.3. The minimum atomic E-state index is -0.649. The molecule has 1 amide bonds. The van der Waals surface area contributed by atoms with Gasteiger partial charge < -0.3 is 10.1 Å². The summed E-state index contributed by atoms with van der Waals surface area (Å²) in [5.41, 5.74) is 0.987. The highest BCUT2D eigenvalue weighted by molar-refractivity contribution is 5.85. The van der Waals surface area contributed by atoms with E-state index in [1.807, 2.05) is 42.5 Å². The first-order chi connectivity index (χ1) is 10.1. The van der Waals surface area contributed by atoms with Crippen LogP contribution in [0.25, 0.3) is 10.8 Å². The number of carbonyl (C=O) groups is 2. The highest BCUT2D eigenvalue weighted by atomic mass is 16.5. The highest BCUT2D eigenvalue weighted by Gasteiger charge is 2.21. The fourth-order valence-corrected chi connectivity index (χ4v) is 2.28. The average molecular weight is 285 g/mol. The van der Waals surface area contributed by atoms with Crippen molar-refractivity contribution >= 4 is 22.6 Å². The van der Waals surface area contributed by atoms with Crippen LogP contribution in [0.3, 0.4) is 0 Å². The van der Waals surface area contributed by atoms with Gasteiger partial charge in [0.25, 0.3) is 0 Å². The first-order valence-electron chi connectivity index (χ1n) is 7.01. The molecule has 1 N–H and O–H groups in total. The highest BCUT2D eigenvalue weighted by Crippen LogP contribution is 2.17. The first kappa shape index (κ1) is 15.0. The Labute approximate surface area is 124 Å². The van der Waals surface area contributed by atoms with Gasteiger partial charge in [0.15, 0.2) is 0 Å². The van der Waals surface area contributed by atoms with Crippen LogP contribution in [0.15, 0.2) is 42.5 Å². The smallest absolute Gasteiger partial charge is 0.328 e. The summed E-state index contributed by atoms with van der Waals surface area (Å²) in [5.74, 6) is -0.644. The third-order valence-corrected chi connectivity index (χ3v) is 3.20. The van der Waals surface area contributed by atoms with Crippen molar-refractivity contribution in [3.8, 4) is 0 Å². The van der Waals surface area contributed by atoms with Crippen molar-refractivity contribution in [3.05, 3.63) is 48.0 Å². The molecule has 0 aliphatic carbocycles. The Morgan fingerprint density at radius 1 is 1.14 bits per heavy atom. The molecule has 0 aliphatic rings. The molecule has 0 spiro atoms. The number of rotatable bonds is 5. The number of nitrogens with one attached hydrogen (secondary N) is 1. The van der Waals surface area contributed by atoms with E-state index in [4.69, 9.17) is 4.74 Å². The lowest BCUT2D eigenvalue weighted by Gasteiger charge is -2.16. The Bertz CT molecular complexity index is 651. The van der Waals surface area contributed by atoms with Crippen molar-refractivity contribution < 1.29 is 14.3 Å². The molecule has 0 aromatic heterocycles. The molecule has 0 unspecified atom stereocenters. The van der Waals surface area contributed by atoms with Gasteiger partial charge in [-0.15, -0.1) is 0 Å². The van der Waals surface area contributed by atoms with Crippen LogP contribution in [0.2, 0.25) is 0 Å². The minimum absolute atomic E-state index is 0.242. The summed E-state index contributed by atoms with van der Waals surface area (Å²) in [6.45, 7) is 3.44. The van der Waals surface area contributed by atoms with E-state index in [2.05, 4.69) is 5.32 Å². The molecule has 0 heterocycles. The van der Waals surface area contributed by atoms with Gasteiger partial charge in [0.2, 0.25) is 5.91 Å². The molecule has 1 atom stereocenters. The summed E-state index contributed by atoms with van der Waals surface area (Å²) < 4.78 is 5.01. The molecule has 21 heavy (non-hydrogen) atoms.